The van der Waals surface area contributed by atoms with Gasteiger partial charge in [0.15, 0.2) is 6.04 Å². The average molecular weight is 306 g/mol. The fourth-order valence-electron chi connectivity index (χ4n) is 2.69. The molecule has 3 N–H and O–H groups in total. The van der Waals surface area contributed by atoms with E-state index >= 15 is 0 Å². The molecule has 1 aromatic carbocycles. The Morgan fingerprint density at radius 3 is 2.50 bits per heavy atom. The highest BCUT2D eigenvalue weighted by atomic mass is 16.4. The third kappa shape index (κ3) is 2.94. The standard InChI is InChI=1S/C15H18N2O5/c1-2-9-5-3-4-6-10(9)13(18)17-8-7-16-11(14(19)20)12(17)15(21)22/h3-6,11-12,16H,2,7-8H2,1H3,(H,19,20)(H,21,22). The highest BCUT2D eigenvalue weighted by Gasteiger charge is 2.43. The maximum absolute atomic E-state index is 12.7. The van der Waals surface area contributed by atoms with Crippen LogP contribution in [0.5, 0.6) is 0 Å². The number of carboxylic acid groups (broad SMARTS) is 2. The quantitative estimate of drug-likeness (QED) is 0.733. The van der Waals surface area contributed by atoms with Gasteiger partial charge in [-0.15, -0.1) is 0 Å². The van der Waals surface area contributed by atoms with Crippen molar-refractivity contribution in [2.45, 2.75) is 25.4 Å². The molecule has 1 saturated heterocycles. The van der Waals surface area contributed by atoms with Gasteiger partial charge >= 0.3 is 11.9 Å². The molecule has 1 aliphatic heterocycles. The summed E-state index contributed by atoms with van der Waals surface area (Å²) in [7, 11) is 0. The van der Waals surface area contributed by atoms with E-state index in [0.29, 0.717) is 12.0 Å². The number of hydrogen-bond donors (Lipinski definition) is 3. The zero-order valence-corrected chi connectivity index (χ0v) is 12.2. The van der Waals surface area contributed by atoms with Gasteiger partial charge in [0, 0.05) is 18.7 Å². The van der Waals surface area contributed by atoms with Gasteiger partial charge in [-0.2, -0.15) is 0 Å². The first-order valence-corrected chi connectivity index (χ1v) is 7.05. The summed E-state index contributed by atoms with van der Waals surface area (Å²) in [5, 5.41) is 21.2. The Bertz CT molecular complexity index is 601. The van der Waals surface area contributed by atoms with Crippen LogP contribution in [0, 0.1) is 0 Å². The van der Waals surface area contributed by atoms with Gasteiger partial charge in [-0.1, -0.05) is 25.1 Å². The topological polar surface area (TPSA) is 107 Å². The largest absolute Gasteiger partial charge is 0.480 e. The number of carbonyl (C=O) groups is 3. The molecule has 0 aromatic heterocycles. The molecule has 0 bridgehead atoms. The molecule has 2 atom stereocenters. The van der Waals surface area contributed by atoms with Gasteiger partial charge in [-0.3, -0.25) is 9.59 Å². The smallest absolute Gasteiger partial charge is 0.328 e. The molecule has 1 heterocycles. The minimum atomic E-state index is -1.43. The maximum Gasteiger partial charge on any atom is 0.328 e. The lowest BCUT2D eigenvalue weighted by Gasteiger charge is -2.37. The number of piperazine rings is 1. The maximum atomic E-state index is 12.7. The number of carboxylic acids is 2. The molecule has 0 saturated carbocycles. The van der Waals surface area contributed by atoms with E-state index < -0.39 is 29.9 Å². The Morgan fingerprint density at radius 2 is 1.91 bits per heavy atom. The number of benzene rings is 1. The highest BCUT2D eigenvalue weighted by molar-refractivity contribution is 5.99. The number of hydrogen-bond acceptors (Lipinski definition) is 4. The summed E-state index contributed by atoms with van der Waals surface area (Å²) in [6, 6.07) is 4.21. The van der Waals surface area contributed by atoms with Gasteiger partial charge < -0.3 is 20.4 Å². The zero-order valence-electron chi connectivity index (χ0n) is 12.2. The summed E-state index contributed by atoms with van der Waals surface area (Å²) in [6.07, 6.45) is 0.633. The fourth-order valence-corrected chi connectivity index (χ4v) is 2.69. The second kappa shape index (κ2) is 6.57. The van der Waals surface area contributed by atoms with Crippen LogP contribution in [0.2, 0.25) is 0 Å². The number of nitrogens with zero attached hydrogens (tertiary/aromatic N) is 1. The minimum Gasteiger partial charge on any atom is -0.480 e. The van der Waals surface area contributed by atoms with E-state index in [2.05, 4.69) is 5.32 Å². The van der Waals surface area contributed by atoms with E-state index in [9.17, 15) is 19.5 Å². The molecule has 0 aliphatic carbocycles. The lowest BCUT2D eigenvalue weighted by Crippen LogP contribution is -2.65. The number of nitrogens with one attached hydrogen (secondary N) is 1. The van der Waals surface area contributed by atoms with Crippen LogP contribution in [0.3, 0.4) is 0 Å². The van der Waals surface area contributed by atoms with Crippen molar-refractivity contribution in [2.75, 3.05) is 13.1 Å². The van der Waals surface area contributed by atoms with E-state index in [-0.39, 0.29) is 13.1 Å². The van der Waals surface area contributed by atoms with Crippen LogP contribution in [0.15, 0.2) is 24.3 Å². The molecule has 118 valence electrons. The lowest BCUT2D eigenvalue weighted by molar-refractivity contribution is -0.152. The van der Waals surface area contributed by atoms with Gasteiger partial charge in [0.05, 0.1) is 0 Å². The monoisotopic (exact) mass is 306 g/mol. The van der Waals surface area contributed by atoms with Crippen molar-refractivity contribution in [1.82, 2.24) is 10.2 Å². The van der Waals surface area contributed by atoms with Crippen molar-refractivity contribution in [3.63, 3.8) is 0 Å². The molecule has 7 nitrogen and oxygen atoms in total. The summed E-state index contributed by atoms with van der Waals surface area (Å²) in [5.41, 5.74) is 1.23. The van der Waals surface area contributed by atoms with Gasteiger partial charge in [0.25, 0.3) is 5.91 Å². The van der Waals surface area contributed by atoms with Crippen LogP contribution in [0.1, 0.15) is 22.8 Å². The number of rotatable bonds is 4. The number of amides is 1. The second-order valence-corrected chi connectivity index (χ2v) is 5.06. The molecule has 1 fully saturated rings. The summed E-state index contributed by atoms with van der Waals surface area (Å²) in [6.45, 7) is 2.29. The third-order valence-electron chi connectivity index (χ3n) is 3.78. The van der Waals surface area contributed by atoms with Crippen molar-refractivity contribution in [1.29, 1.82) is 0 Å². The van der Waals surface area contributed by atoms with Crippen LogP contribution >= 0.6 is 0 Å². The molecule has 1 aliphatic rings. The first-order chi connectivity index (χ1) is 10.5. The van der Waals surface area contributed by atoms with Gasteiger partial charge in [-0.25, -0.2) is 4.79 Å². The van der Waals surface area contributed by atoms with Crippen LogP contribution in [0.25, 0.3) is 0 Å². The molecule has 22 heavy (non-hydrogen) atoms. The first-order valence-electron chi connectivity index (χ1n) is 7.05. The Morgan fingerprint density at radius 1 is 1.23 bits per heavy atom. The fraction of sp³-hybridized carbons (Fsp3) is 0.400. The molecule has 2 unspecified atom stereocenters. The van der Waals surface area contributed by atoms with Crippen molar-refractivity contribution in [3.8, 4) is 0 Å². The molecule has 1 aromatic rings. The minimum absolute atomic E-state index is 0.150. The van der Waals surface area contributed by atoms with E-state index in [1.165, 1.54) is 0 Å². The van der Waals surface area contributed by atoms with Gasteiger partial charge in [0.2, 0.25) is 0 Å². The van der Waals surface area contributed by atoms with E-state index in [0.717, 1.165) is 10.5 Å². The second-order valence-electron chi connectivity index (χ2n) is 5.06. The Labute approximate surface area is 127 Å². The van der Waals surface area contributed by atoms with Gasteiger partial charge in [0.1, 0.15) is 6.04 Å². The van der Waals surface area contributed by atoms with Crippen LogP contribution < -0.4 is 5.32 Å². The summed E-state index contributed by atoms with van der Waals surface area (Å²) in [5.74, 6) is -3.06. The molecule has 1 amide bonds. The molecule has 2 rings (SSSR count). The molecule has 7 heteroatoms. The summed E-state index contributed by atoms with van der Waals surface area (Å²) < 4.78 is 0. The molecule has 0 radical (unpaired) electrons. The van der Waals surface area contributed by atoms with Crippen molar-refractivity contribution < 1.29 is 24.6 Å². The van der Waals surface area contributed by atoms with Crippen molar-refractivity contribution in [3.05, 3.63) is 35.4 Å². The number of aliphatic carboxylic acids is 2. The third-order valence-corrected chi connectivity index (χ3v) is 3.78. The molecular weight excluding hydrogens is 288 g/mol. The normalized spacial score (nSPS) is 21.4. The lowest BCUT2D eigenvalue weighted by atomic mass is 9.99. The Kier molecular flexibility index (Phi) is 4.77. The molecular formula is C15H18N2O5. The van der Waals surface area contributed by atoms with E-state index in [1.807, 2.05) is 13.0 Å². The SMILES string of the molecule is CCc1ccccc1C(=O)N1CCNC(C(=O)O)C1C(=O)O. The summed E-state index contributed by atoms with van der Waals surface area (Å²) in [4.78, 5) is 36.5. The summed E-state index contributed by atoms with van der Waals surface area (Å²) >= 11 is 0. The first kappa shape index (κ1) is 16.0. The number of aryl methyl sites for hydroxylation is 1. The van der Waals surface area contributed by atoms with Gasteiger partial charge in [-0.05, 0) is 18.1 Å². The highest BCUT2D eigenvalue weighted by Crippen LogP contribution is 2.18. The van der Waals surface area contributed by atoms with Crippen molar-refractivity contribution >= 4 is 17.8 Å². The van der Waals surface area contributed by atoms with E-state index in [1.54, 1.807) is 18.2 Å². The number of carbonyl (C=O) groups excluding carboxylic acids is 1. The predicted molar refractivity (Wildman–Crippen MR) is 77.7 cm³/mol. The van der Waals surface area contributed by atoms with E-state index in [4.69, 9.17) is 5.11 Å². The van der Waals surface area contributed by atoms with Crippen molar-refractivity contribution in [2.24, 2.45) is 0 Å². The predicted octanol–water partition coefficient (Wildman–Crippen LogP) is 0.201. The Balaban J connectivity index is 2.38. The zero-order chi connectivity index (χ0) is 16.3. The Hall–Kier alpha value is -2.41. The molecule has 0 spiro atoms. The van der Waals surface area contributed by atoms with Crippen LogP contribution in [-0.2, 0) is 16.0 Å². The van der Waals surface area contributed by atoms with Crippen LogP contribution in [-0.4, -0.2) is 58.1 Å². The van der Waals surface area contributed by atoms with Crippen LogP contribution in [0.4, 0.5) is 0 Å². The average Bonchev–Trinajstić information content (AvgIpc) is 2.53.